The molecule has 0 bridgehead atoms. The molecule has 0 N–H and O–H groups in total. The second kappa shape index (κ2) is 23.1. The van der Waals surface area contributed by atoms with E-state index in [1.807, 2.05) is 0 Å². The molecule has 336 valence electrons. The van der Waals surface area contributed by atoms with Crippen LogP contribution in [0.4, 0.5) is 28.9 Å². The van der Waals surface area contributed by atoms with Gasteiger partial charge in [0.15, 0.2) is 0 Å². The number of likely N-dealkylation sites (tertiary alicyclic amines) is 1. The number of carbonyl (C=O) groups excluding carboxylic acids is 2. The molecule has 19 heteroatoms. The van der Waals surface area contributed by atoms with Gasteiger partial charge >= 0.3 is 11.9 Å². The fourth-order valence-electron chi connectivity index (χ4n) is 6.44. The number of methoxy groups -OCH3 is 2. The Morgan fingerprint density at radius 1 is 0.645 bits per heavy atom. The second-order valence-corrected chi connectivity index (χ2v) is 18.8. The normalized spacial score (nSPS) is 13.9. The quantitative estimate of drug-likeness (QED) is 0.0896. The molecular weight excluding hydrogens is 898 g/mol. The molecule has 0 unspecified atom stereocenters. The summed E-state index contributed by atoms with van der Waals surface area (Å²) >= 11 is 11.6. The molecule has 1 aliphatic heterocycles. The molecule has 0 atom stereocenters. The number of sulfonamides is 2. The van der Waals surface area contributed by atoms with Crippen molar-refractivity contribution in [3.63, 3.8) is 0 Å². The molecule has 1 aliphatic carbocycles. The van der Waals surface area contributed by atoms with Crippen molar-refractivity contribution in [2.45, 2.75) is 58.0 Å². The van der Waals surface area contributed by atoms with Crippen LogP contribution in [0.5, 0.6) is 0 Å². The summed E-state index contributed by atoms with van der Waals surface area (Å²) in [6.07, 6.45) is 9.55. The maximum absolute atomic E-state index is 14.7. The molecule has 1 heterocycles. The van der Waals surface area contributed by atoms with E-state index in [2.05, 4.69) is 21.0 Å². The van der Waals surface area contributed by atoms with Crippen molar-refractivity contribution in [1.82, 2.24) is 4.90 Å². The van der Waals surface area contributed by atoms with Crippen molar-refractivity contribution in [1.29, 1.82) is 0 Å². The number of nitrogens with zero attached hydrogens (tertiary/aromatic N) is 3. The number of hydrogen-bond donors (Lipinski definition) is 0. The average molecular weight is 945 g/mol. The number of ether oxygens (including phenoxy) is 2. The van der Waals surface area contributed by atoms with Crippen molar-refractivity contribution in [2.24, 2.45) is 0 Å². The molecule has 0 amide bonds. The summed E-state index contributed by atoms with van der Waals surface area (Å²) in [5, 5.41) is 0.164. The Labute approximate surface area is 369 Å². The van der Waals surface area contributed by atoms with Crippen molar-refractivity contribution in [3.05, 3.63) is 140 Å². The predicted octanol–water partition coefficient (Wildman–Crippen LogP) is 9.67. The number of esters is 2. The van der Waals surface area contributed by atoms with E-state index in [0.717, 1.165) is 72.0 Å². The highest BCUT2D eigenvalue weighted by molar-refractivity contribution is 7.95. The van der Waals surface area contributed by atoms with Crippen LogP contribution in [0.2, 0.25) is 10.0 Å². The third-order valence-electron chi connectivity index (χ3n) is 9.93. The zero-order valence-electron chi connectivity index (χ0n) is 34.1. The van der Waals surface area contributed by atoms with E-state index in [1.54, 1.807) is 0 Å². The van der Waals surface area contributed by atoms with Gasteiger partial charge in [-0.15, -0.1) is 0 Å². The zero-order chi connectivity index (χ0) is 45.6. The summed E-state index contributed by atoms with van der Waals surface area (Å²) in [4.78, 5) is 25.1. The summed E-state index contributed by atoms with van der Waals surface area (Å²) in [6, 6.07) is 14.1. The molecule has 11 nitrogen and oxygen atoms in total. The Bertz CT molecular complexity index is 2430. The van der Waals surface area contributed by atoms with E-state index in [0.29, 0.717) is 12.0 Å². The summed E-state index contributed by atoms with van der Waals surface area (Å²) in [6.45, 7) is 4.51. The van der Waals surface area contributed by atoms with Crippen LogP contribution in [0, 0.1) is 23.3 Å². The first-order valence-electron chi connectivity index (χ1n) is 19.4. The minimum atomic E-state index is -4.03. The molecule has 2 fully saturated rings. The van der Waals surface area contributed by atoms with Crippen LogP contribution in [0.3, 0.4) is 0 Å². The average Bonchev–Trinajstić information content (AvgIpc) is 4.02. The van der Waals surface area contributed by atoms with Crippen molar-refractivity contribution in [3.8, 4) is 0 Å². The van der Waals surface area contributed by atoms with E-state index in [1.165, 1.54) is 81.7 Å². The number of hydrogen-bond acceptors (Lipinski definition) is 9. The highest BCUT2D eigenvalue weighted by Crippen LogP contribution is 2.30. The first-order chi connectivity index (χ1) is 29.4. The summed E-state index contributed by atoms with van der Waals surface area (Å²) in [7, 11) is -5.58. The topological polar surface area (TPSA) is 131 Å². The number of carbonyl (C=O) groups is 2. The van der Waals surface area contributed by atoms with Gasteiger partial charge < -0.3 is 14.4 Å². The molecule has 4 aromatic carbocycles. The standard InChI is InChI=1S/C21H23ClF2N2O4S.C17H14ClF2NO4S.C5H10/c1-30-21(27)15-4-5-16(20(24)12-15)14-26(17-6-7-19(23)18(22)13-17)31(28,29)11-10-25-8-2-3-9-25;1-3-26(23,24)21(13-6-7-15(19)14(18)9-13)10-12-5-4-11(8-16(12)20)17(22)25-2;1-2-4-5-3-1/h4-7,12-13H,2-3,8-11,14H2,1H3;3-9H,1,10H2,2H3;1-5H2. The van der Waals surface area contributed by atoms with E-state index < -0.39 is 61.8 Å². The van der Waals surface area contributed by atoms with Gasteiger partial charge in [0.25, 0.3) is 10.0 Å². The Morgan fingerprint density at radius 2 is 1.06 bits per heavy atom. The second-order valence-electron chi connectivity index (χ2n) is 14.1. The summed E-state index contributed by atoms with van der Waals surface area (Å²) < 4.78 is 118. The molecule has 4 aromatic rings. The number of benzene rings is 4. The third kappa shape index (κ3) is 13.9. The van der Waals surface area contributed by atoms with E-state index in [-0.39, 0.29) is 56.0 Å². The van der Waals surface area contributed by atoms with Gasteiger partial charge in [0.1, 0.15) is 23.3 Å². The molecular formula is C43H47Cl2F4N3O8S2. The van der Waals surface area contributed by atoms with E-state index in [9.17, 15) is 44.0 Å². The highest BCUT2D eigenvalue weighted by Gasteiger charge is 2.27. The Morgan fingerprint density at radius 3 is 1.45 bits per heavy atom. The lowest BCUT2D eigenvalue weighted by atomic mass is 10.1. The molecule has 1 saturated carbocycles. The minimum Gasteiger partial charge on any atom is -0.465 e. The van der Waals surface area contributed by atoms with Crippen LogP contribution in [0.1, 0.15) is 76.8 Å². The van der Waals surface area contributed by atoms with E-state index >= 15 is 0 Å². The maximum Gasteiger partial charge on any atom is 0.337 e. The van der Waals surface area contributed by atoms with Gasteiger partial charge in [-0.3, -0.25) is 8.61 Å². The molecule has 1 saturated heterocycles. The third-order valence-corrected chi connectivity index (χ3v) is 13.6. The Balaban J connectivity index is 0.000000247. The van der Waals surface area contributed by atoms with Crippen LogP contribution < -0.4 is 8.61 Å². The molecule has 6 rings (SSSR count). The highest BCUT2D eigenvalue weighted by atomic mass is 35.5. The van der Waals surface area contributed by atoms with Gasteiger partial charge in [0, 0.05) is 23.1 Å². The van der Waals surface area contributed by atoms with Crippen LogP contribution in [0.15, 0.2) is 84.8 Å². The molecule has 62 heavy (non-hydrogen) atoms. The smallest absolute Gasteiger partial charge is 0.337 e. The first kappa shape index (κ1) is 50.0. The zero-order valence-corrected chi connectivity index (χ0v) is 37.2. The molecule has 2 aliphatic rings. The Kier molecular flexibility index (Phi) is 18.6. The van der Waals surface area contributed by atoms with Crippen LogP contribution in [-0.4, -0.2) is 73.3 Å². The molecule has 0 spiro atoms. The maximum atomic E-state index is 14.7. The van der Waals surface area contributed by atoms with E-state index in [4.69, 9.17) is 23.2 Å². The van der Waals surface area contributed by atoms with Gasteiger partial charge in [0.2, 0.25) is 10.0 Å². The predicted molar refractivity (Wildman–Crippen MR) is 232 cm³/mol. The molecule has 0 radical (unpaired) electrons. The minimum absolute atomic E-state index is 0.0106. The summed E-state index contributed by atoms with van der Waals surface area (Å²) in [5.74, 6) is -4.57. The lowest BCUT2D eigenvalue weighted by molar-refractivity contribution is 0.0591. The fourth-order valence-corrected chi connectivity index (χ4v) is 9.18. The van der Waals surface area contributed by atoms with Gasteiger partial charge in [-0.2, -0.15) is 0 Å². The fraction of sp³-hybridized carbons (Fsp3) is 0.349. The Hall–Kier alpha value is -4.68. The van der Waals surface area contributed by atoms with Gasteiger partial charge in [-0.25, -0.2) is 44.0 Å². The molecule has 0 aromatic heterocycles. The first-order valence-corrected chi connectivity index (χ1v) is 23.3. The monoisotopic (exact) mass is 943 g/mol. The van der Waals surface area contributed by atoms with Crippen LogP contribution >= 0.6 is 23.2 Å². The van der Waals surface area contributed by atoms with Gasteiger partial charge in [-0.1, -0.05) is 74.0 Å². The largest absolute Gasteiger partial charge is 0.465 e. The number of rotatable bonds is 14. The van der Waals surface area contributed by atoms with Crippen LogP contribution in [-0.2, 0) is 42.6 Å². The number of anilines is 2. The number of halogens is 6. The summed E-state index contributed by atoms with van der Waals surface area (Å²) in [5.41, 5.74) is 0.201. The lowest BCUT2D eigenvalue weighted by Crippen LogP contribution is -2.37. The van der Waals surface area contributed by atoms with Gasteiger partial charge in [0.05, 0.1) is 65.6 Å². The van der Waals surface area contributed by atoms with Crippen molar-refractivity contribution >= 4 is 66.6 Å². The van der Waals surface area contributed by atoms with Crippen molar-refractivity contribution in [2.75, 3.05) is 48.2 Å². The lowest BCUT2D eigenvalue weighted by Gasteiger charge is -2.26. The van der Waals surface area contributed by atoms with Crippen molar-refractivity contribution < 1.29 is 53.5 Å². The van der Waals surface area contributed by atoms with Crippen LogP contribution in [0.25, 0.3) is 0 Å². The van der Waals surface area contributed by atoms with Gasteiger partial charge in [-0.05, 0) is 86.6 Å². The SMILES string of the molecule is C1CCCC1.C=CS(=O)(=O)N(Cc1ccc(C(=O)OC)cc1F)c1ccc(F)c(Cl)c1.COC(=O)c1ccc(CN(c2ccc(F)c(Cl)c2)S(=O)(=O)CCN2CCCC2)c(F)c1.